The smallest absolute Gasteiger partial charge is 0.238 e. The molecule has 1 aromatic carbocycles. The van der Waals surface area contributed by atoms with Crippen LogP contribution in [0.2, 0.25) is 0 Å². The van der Waals surface area contributed by atoms with Crippen LogP contribution in [0.4, 0.5) is 5.69 Å². The van der Waals surface area contributed by atoms with Gasteiger partial charge in [0, 0.05) is 0 Å². The highest BCUT2D eigenvalue weighted by atomic mass is 79.9. The maximum Gasteiger partial charge on any atom is 0.238 e. The second kappa shape index (κ2) is 6.73. The summed E-state index contributed by atoms with van der Waals surface area (Å²) in [5.41, 5.74) is 1.38. The molecule has 90 valence electrons. The van der Waals surface area contributed by atoms with Gasteiger partial charge in [0.05, 0.1) is 16.7 Å². The lowest BCUT2D eigenvalue weighted by molar-refractivity contribution is -0.115. The minimum atomic E-state index is -0.190. The van der Waals surface area contributed by atoms with E-state index in [-0.39, 0.29) is 30.6 Å². The summed E-state index contributed by atoms with van der Waals surface area (Å²) in [6.07, 6.45) is 0. The third kappa shape index (κ3) is 4.00. The molecule has 0 saturated carbocycles. The number of halogens is 2. The first-order valence-corrected chi connectivity index (χ1v) is 5.27. The zero-order chi connectivity index (χ0) is 11.4. The molecule has 1 amide bonds. The second-order valence-corrected chi connectivity index (χ2v) is 4.08. The van der Waals surface area contributed by atoms with Crippen molar-refractivity contribution in [3.63, 3.8) is 0 Å². The number of carbonyl (C=O) groups is 1. The van der Waals surface area contributed by atoms with Crippen LogP contribution in [-0.2, 0) is 4.79 Å². The molecular weight excluding hydrogens is 295 g/mol. The zero-order valence-corrected chi connectivity index (χ0v) is 11.4. The van der Waals surface area contributed by atoms with Gasteiger partial charge in [-0.05, 0) is 47.6 Å². The molecule has 0 spiro atoms. The molecule has 1 rings (SSSR count). The monoisotopic (exact) mass is 308 g/mol. The van der Waals surface area contributed by atoms with Gasteiger partial charge in [-0.3, -0.25) is 4.79 Å². The largest absolute Gasteiger partial charge is 0.505 e. The van der Waals surface area contributed by atoms with Crippen molar-refractivity contribution in [2.75, 3.05) is 18.9 Å². The van der Waals surface area contributed by atoms with Crippen LogP contribution in [0.5, 0.6) is 5.75 Å². The van der Waals surface area contributed by atoms with E-state index < -0.39 is 0 Å². The van der Waals surface area contributed by atoms with Crippen LogP contribution in [0.3, 0.4) is 0 Å². The molecule has 0 fully saturated rings. The van der Waals surface area contributed by atoms with Crippen molar-refractivity contribution in [1.82, 2.24) is 5.32 Å². The third-order valence-corrected chi connectivity index (χ3v) is 2.42. The average Bonchev–Trinajstić information content (AvgIpc) is 2.13. The summed E-state index contributed by atoms with van der Waals surface area (Å²) in [6.45, 7) is 2.10. The fourth-order valence-corrected chi connectivity index (χ4v) is 1.76. The van der Waals surface area contributed by atoms with Gasteiger partial charge >= 0.3 is 0 Å². The molecular formula is C10H14BrClN2O2. The average molecular weight is 310 g/mol. The number of phenolic OH excluding ortho intramolecular Hbond substituents is 1. The van der Waals surface area contributed by atoms with Crippen molar-refractivity contribution in [3.05, 3.63) is 22.2 Å². The maximum atomic E-state index is 11.3. The van der Waals surface area contributed by atoms with Crippen molar-refractivity contribution in [1.29, 1.82) is 0 Å². The van der Waals surface area contributed by atoms with Crippen LogP contribution in [0.15, 0.2) is 16.6 Å². The Balaban J connectivity index is 0.00000225. The van der Waals surface area contributed by atoms with Gasteiger partial charge in [0.1, 0.15) is 0 Å². The Kier molecular flexibility index (Phi) is 6.40. The van der Waals surface area contributed by atoms with Crippen molar-refractivity contribution >= 4 is 39.9 Å². The molecule has 6 heteroatoms. The molecule has 0 unspecified atom stereocenters. The molecule has 0 aromatic heterocycles. The third-order valence-electron chi connectivity index (χ3n) is 1.82. The first kappa shape index (κ1) is 15.2. The van der Waals surface area contributed by atoms with Crippen LogP contribution in [0.1, 0.15) is 5.56 Å². The van der Waals surface area contributed by atoms with Gasteiger partial charge in [-0.1, -0.05) is 0 Å². The molecule has 0 saturated heterocycles. The Labute approximate surface area is 109 Å². The van der Waals surface area contributed by atoms with Gasteiger partial charge < -0.3 is 15.7 Å². The number of carbonyl (C=O) groups excluding carboxylic acids is 1. The van der Waals surface area contributed by atoms with Crippen LogP contribution in [0.25, 0.3) is 0 Å². The standard InChI is InChI=1S/C10H13BrN2O2.ClH/c1-6-3-7(11)10(15)8(4-6)13-9(14)5-12-2;/h3-4,12,15H,5H2,1-2H3,(H,13,14);1H. The quantitative estimate of drug-likeness (QED) is 0.749. The number of anilines is 1. The second-order valence-electron chi connectivity index (χ2n) is 3.22. The number of aromatic hydroxyl groups is 1. The molecule has 1 aromatic rings. The molecule has 0 heterocycles. The summed E-state index contributed by atoms with van der Waals surface area (Å²) in [5, 5.41) is 15.0. The van der Waals surface area contributed by atoms with Crippen molar-refractivity contribution in [3.8, 4) is 5.75 Å². The number of amides is 1. The first-order chi connectivity index (χ1) is 7.04. The Morgan fingerprint density at radius 2 is 2.12 bits per heavy atom. The predicted octanol–water partition coefficient (Wildman–Crippen LogP) is 2.04. The summed E-state index contributed by atoms with van der Waals surface area (Å²) >= 11 is 3.21. The maximum absolute atomic E-state index is 11.3. The van der Waals surface area contributed by atoms with E-state index in [1.807, 2.05) is 6.92 Å². The fraction of sp³-hybridized carbons (Fsp3) is 0.300. The van der Waals surface area contributed by atoms with E-state index in [2.05, 4.69) is 26.6 Å². The summed E-state index contributed by atoms with van der Waals surface area (Å²) in [5.74, 6) is -0.143. The van der Waals surface area contributed by atoms with Gasteiger partial charge in [0.25, 0.3) is 0 Å². The molecule has 16 heavy (non-hydrogen) atoms. The van der Waals surface area contributed by atoms with Crippen molar-refractivity contribution < 1.29 is 9.90 Å². The number of rotatable bonds is 3. The Morgan fingerprint density at radius 3 is 2.69 bits per heavy atom. The Bertz CT molecular complexity index is 385. The number of phenols is 1. The normalized spacial score (nSPS) is 9.44. The molecule has 0 aliphatic rings. The Hall–Kier alpha value is -0.780. The number of hydrogen-bond donors (Lipinski definition) is 3. The van der Waals surface area contributed by atoms with Crippen molar-refractivity contribution in [2.24, 2.45) is 0 Å². The number of hydrogen-bond acceptors (Lipinski definition) is 3. The van der Waals surface area contributed by atoms with Crippen molar-refractivity contribution in [2.45, 2.75) is 6.92 Å². The lowest BCUT2D eigenvalue weighted by Crippen LogP contribution is -2.25. The molecule has 0 radical (unpaired) electrons. The predicted molar refractivity (Wildman–Crippen MR) is 70.3 cm³/mol. The number of likely N-dealkylation sites (N-methyl/N-ethyl adjacent to an activating group) is 1. The van der Waals surface area contributed by atoms with Gasteiger partial charge in [-0.25, -0.2) is 0 Å². The minimum Gasteiger partial charge on any atom is -0.505 e. The summed E-state index contributed by atoms with van der Waals surface area (Å²) in [6, 6.07) is 3.50. The van der Waals surface area contributed by atoms with E-state index in [9.17, 15) is 9.90 Å². The van der Waals surface area contributed by atoms with E-state index in [0.717, 1.165) is 5.56 Å². The van der Waals surface area contributed by atoms with Gasteiger partial charge in [0.15, 0.2) is 5.75 Å². The lowest BCUT2D eigenvalue weighted by Gasteiger charge is -2.09. The van der Waals surface area contributed by atoms with Gasteiger partial charge in [-0.15, -0.1) is 12.4 Å². The fourth-order valence-electron chi connectivity index (χ4n) is 1.18. The first-order valence-electron chi connectivity index (χ1n) is 4.48. The van der Waals surface area contributed by atoms with E-state index in [0.29, 0.717) is 10.2 Å². The van der Waals surface area contributed by atoms with Crippen LogP contribution in [0, 0.1) is 6.92 Å². The number of nitrogens with one attached hydrogen (secondary N) is 2. The molecule has 4 nitrogen and oxygen atoms in total. The Morgan fingerprint density at radius 1 is 1.50 bits per heavy atom. The van der Waals surface area contributed by atoms with Gasteiger partial charge in [-0.2, -0.15) is 0 Å². The lowest BCUT2D eigenvalue weighted by atomic mass is 10.2. The number of aryl methyl sites for hydroxylation is 1. The van der Waals surface area contributed by atoms with Crippen LogP contribution in [-0.4, -0.2) is 24.6 Å². The molecule has 0 aliphatic carbocycles. The van der Waals surface area contributed by atoms with E-state index in [4.69, 9.17) is 0 Å². The minimum absolute atomic E-state index is 0. The zero-order valence-electron chi connectivity index (χ0n) is 9.00. The molecule has 3 N–H and O–H groups in total. The highest BCUT2D eigenvalue weighted by molar-refractivity contribution is 9.10. The van der Waals surface area contributed by atoms with E-state index in [1.165, 1.54) is 0 Å². The SMILES string of the molecule is CNCC(=O)Nc1cc(C)cc(Br)c1O.Cl. The highest BCUT2D eigenvalue weighted by Gasteiger charge is 2.09. The summed E-state index contributed by atoms with van der Waals surface area (Å²) in [7, 11) is 1.69. The number of benzene rings is 1. The van der Waals surface area contributed by atoms with E-state index >= 15 is 0 Å². The summed E-state index contributed by atoms with van der Waals surface area (Å²) < 4.78 is 0.572. The summed E-state index contributed by atoms with van der Waals surface area (Å²) in [4.78, 5) is 11.3. The van der Waals surface area contributed by atoms with Crippen LogP contribution < -0.4 is 10.6 Å². The van der Waals surface area contributed by atoms with E-state index in [1.54, 1.807) is 19.2 Å². The van der Waals surface area contributed by atoms with Gasteiger partial charge in [0.2, 0.25) is 5.91 Å². The highest BCUT2D eigenvalue weighted by Crippen LogP contribution is 2.33. The molecule has 0 bridgehead atoms. The van der Waals surface area contributed by atoms with Crippen LogP contribution >= 0.6 is 28.3 Å². The molecule has 0 atom stereocenters. The molecule has 0 aliphatic heterocycles. The topological polar surface area (TPSA) is 61.4 Å².